The summed E-state index contributed by atoms with van der Waals surface area (Å²) in [5, 5.41) is 4.99. The normalized spacial score (nSPS) is 26.0. The van der Waals surface area contributed by atoms with Crippen LogP contribution in [0.4, 0.5) is 11.4 Å². The maximum atomic E-state index is 13.0. The molecule has 3 aliphatic rings. The molecule has 3 aromatic rings. The van der Waals surface area contributed by atoms with Crippen molar-refractivity contribution in [2.75, 3.05) is 10.2 Å². The first-order chi connectivity index (χ1) is 15.1. The van der Waals surface area contributed by atoms with E-state index in [2.05, 4.69) is 17.5 Å². The molecule has 152 valence electrons. The summed E-state index contributed by atoms with van der Waals surface area (Å²) >= 11 is 0. The molecule has 0 unspecified atom stereocenters. The molecule has 4 atom stereocenters. The van der Waals surface area contributed by atoms with E-state index >= 15 is 0 Å². The molecule has 5 nitrogen and oxygen atoms in total. The van der Waals surface area contributed by atoms with Crippen molar-refractivity contribution < 1.29 is 14.4 Å². The molecule has 2 bridgehead atoms. The second-order valence-electron chi connectivity index (χ2n) is 8.54. The van der Waals surface area contributed by atoms with E-state index in [0.717, 1.165) is 22.9 Å². The van der Waals surface area contributed by atoms with Gasteiger partial charge in [0.05, 0.1) is 17.5 Å². The largest absolute Gasteiger partial charge is 0.321 e. The molecule has 31 heavy (non-hydrogen) atoms. The lowest BCUT2D eigenvalue weighted by Gasteiger charge is -2.17. The minimum Gasteiger partial charge on any atom is -0.321 e. The minimum atomic E-state index is -0.235. The second-order valence-corrected chi connectivity index (χ2v) is 8.54. The highest BCUT2D eigenvalue weighted by Crippen LogP contribution is 2.53. The van der Waals surface area contributed by atoms with Gasteiger partial charge in [-0.1, -0.05) is 48.6 Å². The summed E-state index contributed by atoms with van der Waals surface area (Å²) in [5.74, 6) is -0.543. The van der Waals surface area contributed by atoms with E-state index in [9.17, 15) is 14.4 Å². The fraction of sp³-hybridized carbons (Fsp3) is 0.192. The quantitative estimate of drug-likeness (QED) is 0.516. The molecule has 1 heterocycles. The number of carbonyl (C=O) groups excluding carboxylic acids is 3. The van der Waals surface area contributed by atoms with Crippen LogP contribution < -0.4 is 10.2 Å². The molecule has 5 heteroatoms. The zero-order chi connectivity index (χ0) is 21.1. The van der Waals surface area contributed by atoms with Crippen LogP contribution in [0.3, 0.4) is 0 Å². The zero-order valence-corrected chi connectivity index (χ0v) is 16.7. The summed E-state index contributed by atoms with van der Waals surface area (Å²) in [6, 6.07) is 20.3. The number of hydrogen-bond donors (Lipinski definition) is 1. The van der Waals surface area contributed by atoms with Crippen LogP contribution in [-0.4, -0.2) is 17.7 Å². The Hall–Kier alpha value is -3.73. The van der Waals surface area contributed by atoms with Crippen molar-refractivity contribution >= 4 is 39.9 Å². The van der Waals surface area contributed by atoms with Crippen molar-refractivity contribution in [3.05, 3.63) is 84.4 Å². The summed E-state index contributed by atoms with van der Waals surface area (Å²) in [6.45, 7) is 0. The van der Waals surface area contributed by atoms with Gasteiger partial charge in [-0.25, -0.2) is 0 Å². The molecule has 0 spiro atoms. The summed E-state index contributed by atoms with van der Waals surface area (Å²) in [4.78, 5) is 40.0. The van der Waals surface area contributed by atoms with Gasteiger partial charge in [0.2, 0.25) is 11.8 Å². The van der Waals surface area contributed by atoms with E-state index in [1.807, 2.05) is 42.5 Å². The van der Waals surface area contributed by atoms with Gasteiger partial charge in [-0.05, 0) is 54.0 Å². The third-order valence-electron chi connectivity index (χ3n) is 6.90. The number of fused-ring (bicyclic) bond motifs is 6. The Kier molecular flexibility index (Phi) is 3.87. The number of nitrogens with one attached hydrogen (secondary N) is 1. The highest BCUT2D eigenvalue weighted by atomic mass is 16.2. The molecule has 6 rings (SSSR count). The van der Waals surface area contributed by atoms with Crippen molar-refractivity contribution in [3.8, 4) is 0 Å². The molecule has 2 fully saturated rings. The van der Waals surface area contributed by atoms with Gasteiger partial charge >= 0.3 is 0 Å². The molecule has 1 saturated carbocycles. The van der Waals surface area contributed by atoms with Gasteiger partial charge in [0.1, 0.15) is 0 Å². The summed E-state index contributed by atoms with van der Waals surface area (Å²) in [6.07, 6.45) is 5.08. The van der Waals surface area contributed by atoms with Crippen molar-refractivity contribution in [2.45, 2.75) is 6.42 Å². The Morgan fingerprint density at radius 1 is 0.806 bits per heavy atom. The molecule has 1 saturated heterocycles. The Morgan fingerprint density at radius 2 is 1.45 bits per heavy atom. The number of benzene rings is 3. The minimum absolute atomic E-state index is 0.111. The number of amides is 3. The molecule has 3 amide bonds. The van der Waals surface area contributed by atoms with E-state index < -0.39 is 0 Å². The smallest absolute Gasteiger partial charge is 0.255 e. The molecule has 0 radical (unpaired) electrons. The van der Waals surface area contributed by atoms with Crippen molar-refractivity contribution in [1.29, 1.82) is 0 Å². The number of nitrogens with zero attached hydrogens (tertiary/aromatic N) is 1. The fourth-order valence-corrected chi connectivity index (χ4v) is 5.45. The monoisotopic (exact) mass is 408 g/mol. The summed E-state index contributed by atoms with van der Waals surface area (Å²) in [7, 11) is 0. The molecule has 3 aromatic carbocycles. The third-order valence-corrected chi connectivity index (χ3v) is 6.90. The Labute approximate surface area is 179 Å². The van der Waals surface area contributed by atoms with Crippen molar-refractivity contribution in [3.63, 3.8) is 0 Å². The number of hydrogen-bond acceptors (Lipinski definition) is 3. The Bertz CT molecular complexity index is 1240. The first-order valence-corrected chi connectivity index (χ1v) is 10.6. The maximum Gasteiger partial charge on any atom is 0.255 e. The zero-order valence-electron chi connectivity index (χ0n) is 16.7. The van der Waals surface area contributed by atoms with E-state index in [-0.39, 0.29) is 41.4 Å². The van der Waals surface area contributed by atoms with Gasteiger partial charge in [-0.3, -0.25) is 19.3 Å². The van der Waals surface area contributed by atoms with E-state index in [1.165, 1.54) is 4.90 Å². The van der Waals surface area contributed by atoms with Crippen LogP contribution in [0.2, 0.25) is 0 Å². The van der Waals surface area contributed by atoms with Gasteiger partial charge in [-0.15, -0.1) is 0 Å². The lowest BCUT2D eigenvalue weighted by molar-refractivity contribution is -0.123. The highest BCUT2D eigenvalue weighted by Gasteiger charge is 2.59. The number of rotatable bonds is 3. The Morgan fingerprint density at radius 3 is 2.16 bits per heavy atom. The first-order valence-electron chi connectivity index (χ1n) is 10.6. The third kappa shape index (κ3) is 2.66. The van der Waals surface area contributed by atoms with Gasteiger partial charge in [0.15, 0.2) is 0 Å². The van der Waals surface area contributed by atoms with Gasteiger partial charge in [0.25, 0.3) is 5.91 Å². The van der Waals surface area contributed by atoms with Crippen LogP contribution in [0.15, 0.2) is 78.9 Å². The SMILES string of the molecule is O=C(Nc1cccc2ccccc12)c1ccc(N2C(=O)[C@@H]3[C@H](C2=O)[C@H]2C=C[C@H]3C2)cc1. The van der Waals surface area contributed by atoms with E-state index in [0.29, 0.717) is 11.3 Å². The van der Waals surface area contributed by atoms with Gasteiger partial charge in [0, 0.05) is 16.6 Å². The van der Waals surface area contributed by atoms with E-state index in [4.69, 9.17) is 0 Å². The van der Waals surface area contributed by atoms with E-state index in [1.54, 1.807) is 24.3 Å². The predicted molar refractivity (Wildman–Crippen MR) is 119 cm³/mol. The average molecular weight is 408 g/mol. The topological polar surface area (TPSA) is 66.5 Å². The molecular formula is C26H20N2O3. The number of anilines is 2. The molecule has 0 aromatic heterocycles. The fourth-order valence-electron chi connectivity index (χ4n) is 5.45. The molecular weight excluding hydrogens is 388 g/mol. The first kappa shape index (κ1) is 18.1. The van der Waals surface area contributed by atoms with Crippen molar-refractivity contribution in [2.24, 2.45) is 23.7 Å². The van der Waals surface area contributed by atoms with Crippen molar-refractivity contribution in [1.82, 2.24) is 0 Å². The Balaban J connectivity index is 1.24. The number of carbonyl (C=O) groups is 3. The van der Waals surface area contributed by atoms with Crippen LogP contribution in [0.25, 0.3) is 10.8 Å². The second kappa shape index (κ2) is 6.64. The van der Waals surface area contributed by atoms with Gasteiger partial charge in [-0.2, -0.15) is 0 Å². The van der Waals surface area contributed by atoms with Gasteiger partial charge < -0.3 is 5.32 Å². The highest BCUT2D eigenvalue weighted by molar-refractivity contribution is 6.23. The maximum absolute atomic E-state index is 13.0. The average Bonchev–Trinajstić information content (AvgIpc) is 3.48. The van der Waals surface area contributed by atoms with Crippen LogP contribution in [0, 0.1) is 23.7 Å². The van der Waals surface area contributed by atoms with Crippen LogP contribution in [0.1, 0.15) is 16.8 Å². The molecule has 1 aliphatic heterocycles. The lowest BCUT2D eigenvalue weighted by atomic mass is 9.85. The summed E-state index contributed by atoms with van der Waals surface area (Å²) in [5.41, 5.74) is 1.75. The molecule has 2 aliphatic carbocycles. The standard InChI is InChI=1S/C26H20N2O3/c29-24(27-21-7-3-5-15-4-1-2-6-20(15)21)16-10-12-19(13-11-16)28-25(30)22-17-8-9-18(14-17)23(22)26(28)31/h1-13,17-18,22-23H,14H2,(H,27,29)/t17-,18-,22-,23+/m0/s1. The lowest BCUT2D eigenvalue weighted by Crippen LogP contribution is -2.32. The van der Waals surface area contributed by atoms with Crippen LogP contribution in [-0.2, 0) is 9.59 Å². The number of allylic oxidation sites excluding steroid dienone is 2. The van der Waals surface area contributed by atoms with Crippen LogP contribution in [0.5, 0.6) is 0 Å². The number of imide groups is 1. The predicted octanol–water partition coefficient (Wildman–Crippen LogP) is 4.40. The van der Waals surface area contributed by atoms with Crippen LogP contribution >= 0.6 is 0 Å². The summed E-state index contributed by atoms with van der Waals surface area (Å²) < 4.78 is 0. The molecule has 1 N–H and O–H groups in total.